The fourth-order valence-corrected chi connectivity index (χ4v) is 3.21. The van der Waals surface area contributed by atoms with E-state index < -0.39 is 45.4 Å². The predicted octanol–water partition coefficient (Wildman–Crippen LogP) is 0.149. The molecule has 2 aliphatic rings. The van der Waals surface area contributed by atoms with Crippen molar-refractivity contribution >= 4 is 22.1 Å². The molecule has 19 heavy (non-hydrogen) atoms. The summed E-state index contributed by atoms with van der Waals surface area (Å²) in [5, 5.41) is 0. The Morgan fingerprint density at radius 1 is 1.53 bits per heavy atom. The lowest BCUT2D eigenvalue weighted by Crippen LogP contribution is -2.48. The molecule has 0 amide bonds. The minimum absolute atomic E-state index is 0.332. The van der Waals surface area contributed by atoms with E-state index in [2.05, 4.69) is 0 Å². The fourth-order valence-electron chi connectivity index (χ4n) is 2.91. The van der Waals surface area contributed by atoms with E-state index in [-0.39, 0.29) is 5.92 Å². The number of carbonyl (C=O) groups excluding carboxylic acids is 2. The zero-order chi connectivity index (χ0) is 14.5. The molecular weight excluding hydrogens is 276 g/mol. The summed E-state index contributed by atoms with van der Waals surface area (Å²) in [5.41, 5.74) is -1.99. The molecule has 108 valence electrons. The average molecular weight is 292 g/mol. The number of fused-ring (bicyclic) bond motifs is 2. The van der Waals surface area contributed by atoms with Crippen LogP contribution in [-0.4, -0.2) is 42.9 Å². The average Bonchev–Trinajstić information content (AvgIpc) is 2.60. The summed E-state index contributed by atoms with van der Waals surface area (Å²) in [5.74, 6) is -2.16. The van der Waals surface area contributed by atoms with Gasteiger partial charge in [0.25, 0.3) is 10.1 Å². The SMILES string of the molecule is CC1(C)C2CCC1(C(=O)OCCS(=O)(=O)O)OC2=O. The van der Waals surface area contributed by atoms with Crippen molar-refractivity contribution < 1.29 is 32.0 Å². The first-order valence-corrected chi connectivity index (χ1v) is 7.56. The third kappa shape index (κ3) is 2.12. The molecule has 2 unspecified atom stereocenters. The van der Waals surface area contributed by atoms with Gasteiger partial charge in [-0.1, -0.05) is 13.8 Å². The predicted molar refractivity (Wildman–Crippen MR) is 62.7 cm³/mol. The van der Waals surface area contributed by atoms with Crippen molar-refractivity contribution in [3.05, 3.63) is 0 Å². The van der Waals surface area contributed by atoms with Gasteiger partial charge in [0.05, 0.1) is 5.92 Å². The Morgan fingerprint density at radius 2 is 2.16 bits per heavy atom. The second-order valence-electron chi connectivity index (χ2n) is 5.48. The van der Waals surface area contributed by atoms with E-state index in [1.807, 2.05) is 0 Å². The van der Waals surface area contributed by atoms with Gasteiger partial charge in [-0.05, 0) is 12.8 Å². The van der Waals surface area contributed by atoms with Crippen LogP contribution in [0.25, 0.3) is 0 Å². The lowest BCUT2D eigenvalue weighted by atomic mass is 9.75. The van der Waals surface area contributed by atoms with Crippen molar-refractivity contribution in [2.45, 2.75) is 32.3 Å². The van der Waals surface area contributed by atoms with Crippen LogP contribution in [0.3, 0.4) is 0 Å². The van der Waals surface area contributed by atoms with E-state index in [0.29, 0.717) is 12.8 Å². The van der Waals surface area contributed by atoms with Crippen molar-refractivity contribution in [1.82, 2.24) is 0 Å². The molecule has 0 aromatic rings. The lowest BCUT2D eigenvalue weighted by Gasteiger charge is -2.32. The van der Waals surface area contributed by atoms with Crippen molar-refractivity contribution in [3.63, 3.8) is 0 Å². The normalized spacial score (nSPS) is 32.2. The Kier molecular flexibility index (Phi) is 3.13. The molecule has 2 bridgehead atoms. The molecular formula is C11H16O7S. The number of esters is 2. The van der Waals surface area contributed by atoms with Crippen LogP contribution in [-0.2, 0) is 29.2 Å². The Morgan fingerprint density at radius 3 is 2.58 bits per heavy atom. The molecule has 0 radical (unpaired) electrons. The van der Waals surface area contributed by atoms with Gasteiger partial charge in [0.2, 0.25) is 5.60 Å². The number of rotatable bonds is 4. The summed E-state index contributed by atoms with van der Waals surface area (Å²) in [7, 11) is -4.18. The second-order valence-corrected chi connectivity index (χ2v) is 7.06. The number of carbonyl (C=O) groups is 2. The van der Waals surface area contributed by atoms with Crippen LogP contribution in [0.1, 0.15) is 26.7 Å². The summed E-state index contributed by atoms with van der Waals surface area (Å²) < 4.78 is 39.7. The van der Waals surface area contributed by atoms with Crippen LogP contribution in [0, 0.1) is 11.3 Å². The molecule has 0 aromatic heterocycles. The molecule has 0 spiro atoms. The highest BCUT2D eigenvalue weighted by Gasteiger charge is 2.70. The first-order chi connectivity index (χ1) is 8.60. The van der Waals surface area contributed by atoms with Crippen molar-refractivity contribution in [2.24, 2.45) is 11.3 Å². The molecule has 2 rings (SSSR count). The molecule has 1 N–H and O–H groups in total. The largest absolute Gasteiger partial charge is 0.462 e. The Balaban J connectivity index is 2.09. The second kappa shape index (κ2) is 4.17. The van der Waals surface area contributed by atoms with E-state index in [9.17, 15) is 18.0 Å². The highest BCUT2D eigenvalue weighted by atomic mass is 32.2. The third-order valence-corrected chi connectivity index (χ3v) is 4.84. The summed E-state index contributed by atoms with van der Waals surface area (Å²) in [4.78, 5) is 23.7. The maximum absolute atomic E-state index is 12.1. The molecule has 7 nitrogen and oxygen atoms in total. The highest BCUT2D eigenvalue weighted by molar-refractivity contribution is 7.85. The van der Waals surface area contributed by atoms with Gasteiger partial charge < -0.3 is 9.47 Å². The Bertz CT molecular complexity index is 521. The number of hydrogen-bond donors (Lipinski definition) is 1. The van der Waals surface area contributed by atoms with Crippen LogP contribution in [0.2, 0.25) is 0 Å². The third-order valence-electron chi connectivity index (χ3n) is 4.16. The van der Waals surface area contributed by atoms with Gasteiger partial charge in [-0.2, -0.15) is 8.42 Å². The standard InChI is InChI=1S/C11H16O7S/c1-10(2)7-3-4-11(10,18-8(7)12)9(13)17-5-6-19(14,15)16/h7H,3-6H2,1-2H3,(H,14,15,16). The van der Waals surface area contributed by atoms with Gasteiger partial charge in [0.1, 0.15) is 12.4 Å². The smallest absolute Gasteiger partial charge is 0.351 e. The van der Waals surface area contributed by atoms with Crippen LogP contribution >= 0.6 is 0 Å². The molecule has 1 saturated heterocycles. The van der Waals surface area contributed by atoms with Crippen molar-refractivity contribution in [3.8, 4) is 0 Å². The molecule has 1 aliphatic heterocycles. The summed E-state index contributed by atoms with van der Waals surface area (Å²) >= 11 is 0. The van der Waals surface area contributed by atoms with Crippen LogP contribution in [0.15, 0.2) is 0 Å². The first-order valence-electron chi connectivity index (χ1n) is 5.95. The van der Waals surface area contributed by atoms with Gasteiger partial charge in [-0.15, -0.1) is 0 Å². The Hall–Kier alpha value is -1.15. The zero-order valence-electron chi connectivity index (χ0n) is 10.7. The van der Waals surface area contributed by atoms with Crippen LogP contribution in [0.4, 0.5) is 0 Å². The van der Waals surface area contributed by atoms with Gasteiger partial charge in [-0.25, -0.2) is 4.79 Å². The quantitative estimate of drug-likeness (QED) is 0.580. The molecule has 1 aliphatic carbocycles. The molecule has 8 heteroatoms. The van der Waals surface area contributed by atoms with E-state index in [4.69, 9.17) is 14.0 Å². The monoisotopic (exact) mass is 292 g/mol. The fraction of sp³-hybridized carbons (Fsp3) is 0.818. The summed E-state index contributed by atoms with van der Waals surface area (Å²) in [6, 6.07) is 0. The van der Waals surface area contributed by atoms with E-state index >= 15 is 0 Å². The lowest BCUT2D eigenvalue weighted by molar-refractivity contribution is -0.182. The zero-order valence-corrected chi connectivity index (χ0v) is 11.5. The molecule has 1 heterocycles. The maximum Gasteiger partial charge on any atom is 0.351 e. The first kappa shape index (κ1) is 14.3. The van der Waals surface area contributed by atoms with Gasteiger partial charge in [0, 0.05) is 5.41 Å². The number of ether oxygens (including phenoxy) is 2. The van der Waals surface area contributed by atoms with Gasteiger partial charge in [0.15, 0.2) is 0 Å². The van der Waals surface area contributed by atoms with Gasteiger partial charge >= 0.3 is 11.9 Å². The van der Waals surface area contributed by atoms with E-state index in [0.717, 1.165) is 0 Å². The molecule has 0 aromatic carbocycles. The Labute approximate surface area is 111 Å². The van der Waals surface area contributed by atoms with E-state index in [1.165, 1.54) is 0 Å². The molecule has 1 saturated carbocycles. The maximum atomic E-state index is 12.1. The molecule has 2 fully saturated rings. The van der Waals surface area contributed by atoms with Crippen molar-refractivity contribution in [2.75, 3.05) is 12.4 Å². The summed E-state index contributed by atoms with van der Waals surface area (Å²) in [6.45, 7) is 3.07. The minimum Gasteiger partial charge on any atom is -0.462 e. The number of hydrogen-bond acceptors (Lipinski definition) is 6. The minimum atomic E-state index is -4.18. The van der Waals surface area contributed by atoms with Gasteiger partial charge in [-0.3, -0.25) is 9.35 Å². The highest BCUT2D eigenvalue weighted by Crippen LogP contribution is 2.58. The molecule has 2 atom stereocenters. The van der Waals surface area contributed by atoms with Crippen molar-refractivity contribution in [1.29, 1.82) is 0 Å². The summed E-state index contributed by atoms with van der Waals surface area (Å²) in [6.07, 6.45) is 0.931. The van der Waals surface area contributed by atoms with Crippen LogP contribution in [0.5, 0.6) is 0 Å². The topological polar surface area (TPSA) is 107 Å². The van der Waals surface area contributed by atoms with Crippen LogP contribution < -0.4 is 0 Å². The van der Waals surface area contributed by atoms with E-state index in [1.54, 1.807) is 13.8 Å².